The topological polar surface area (TPSA) is 33.6 Å². The first-order valence-electron chi connectivity index (χ1n) is 5.50. The molecule has 0 aliphatic carbocycles. The molecule has 0 aliphatic heterocycles. The summed E-state index contributed by atoms with van der Waals surface area (Å²) < 4.78 is 3.59. The van der Waals surface area contributed by atoms with Crippen LogP contribution in [0, 0.1) is 11.7 Å². The molecule has 0 unspecified atom stereocenters. The van der Waals surface area contributed by atoms with Gasteiger partial charge < -0.3 is 4.98 Å². The third-order valence-corrected chi connectivity index (χ3v) is 3.72. The molecule has 0 spiro atoms. The number of halogens is 1. The number of hydrogen-bond acceptors (Lipinski definition) is 2. The van der Waals surface area contributed by atoms with E-state index in [-0.39, 0.29) is 0 Å². The third-order valence-electron chi connectivity index (χ3n) is 2.76. The van der Waals surface area contributed by atoms with Crippen LogP contribution in [-0.4, -0.2) is 14.5 Å². The maximum atomic E-state index is 5.38. The third kappa shape index (κ3) is 1.79. The van der Waals surface area contributed by atoms with Crippen molar-refractivity contribution in [3.8, 4) is 5.69 Å². The van der Waals surface area contributed by atoms with Crippen LogP contribution >= 0.6 is 28.1 Å². The van der Waals surface area contributed by atoms with Crippen LogP contribution in [-0.2, 0) is 0 Å². The van der Waals surface area contributed by atoms with Crippen molar-refractivity contribution in [2.24, 2.45) is 0 Å². The van der Waals surface area contributed by atoms with E-state index in [9.17, 15) is 0 Å². The molecule has 0 bridgehead atoms. The zero-order valence-electron chi connectivity index (χ0n) is 9.64. The molecule has 2 heterocycles. The second-order valence-electron chi connectivity index (χ2n) is 4.04. The molecule has 18 heavy (non-hydrogen) atoms. The van der Waals surface area contributed by atoms with Crippen LogP contribution in [0.4, 0.5) is 0 Å². The fraction of sp³-hybridized carbons (Fsp3) is 0.0769. The predicted molar refractivity (Wildman–Crippen MR) is 78.7 cm³/mol. The maximum Gasteiger partial charge on any atom is 0.184 e. The zero-order valence-corrected chi connectivity index (χ0v) is 12.0. The first-order chi connectivity index (χ1) is 8.66. The number of H-pyrrole nitrogens is 1. The van der Waals surface area contributed by atoms with E-state index in [0.717, 1.165) is 27.0 Å². The number of pyridine rings is 1. The molecule has 0 atom stereocenters. The summed E-state index contributed by atoms with van der Waals surface area (Å²) in [7, 11) is 0. The number of imidazole rings is 1. The van der Waals surface area contributed by atoms with Crippen LogP contribution in [0.5, 0.6) is 0 Å². The lowest BCUT2D eigenvalue weighted by Gasteiger charge is -2.06. The fourth-order valence-corrected chi connectivity index (χ4v) is 2.69. The minimum Gasteiger partial charge on any atom is -0.329 e. The molecule has 0 saturated carbocycles. The number of nitrogens with one attached hydrogen (secondary N) is 1. The Hall–Kier alpha value is -1.46. The highest BCUT2D eigenvalue weighted by atomic mass is 79.9. The number of hydrogen-bond donors (Lipinski definition) is 1. The fourth-order valence-electron chi connectivity index (χ4n) is 1.93. The number of aromatic nitrogens is 3. The van der Waals surface area contributed by atoms with E-state index in [1.807, 2.05) is 47.9 Å². The summed E-state index contributed by atoms with van der Waals surface area (Å²) in [6.45, 7) is 1.97. The quantitative estimate of drug-likeness (QED) is 0.683. The molecular weight excluding hydrogens is 310 g/mol. The van der Waals surface area contributed by atoms with Gasteiger partial charge in [0.25, 0.3) is 0 Å². The Morgan fingerprint density at radius 1 is 1.22 bits per heavy atom. The summed E-state index contributed by atoms with van der Waals surface area (Å²) in [6.07, 6.45) is 0. The molecule has 5 heteroatoms. The second kappa shape index (κ2) is 4.33. The highest BCUT2D eigenvalue weighted by Crippen LogP contribution is 2.24. The molecule has 0 saturated heterocycles. The number of nitrogens with zero attached hydrogens (tertiary/aromatic N) is 2. The first kappa shape index (κ1) is 11.6. The summed E-state index contributed by atoms with van der Waals surface area (Å²) in [6, 6.07) is 11.9. The van der Waals surface area contributed by atoms with Gasteiger partial charge in [0.15, 0.2) is 10.4 Å². The van der Waals surface area contributed by atoms with Crippen molar-refractivity contribution in [2.75, 3.05) is 0 Å². The average molecular weight is 320 g/mol. The molecule has 1 aromatic carbocycles. The smallest absolute Gasteiger partial charge is 0.184 e. The van der Waals surface area contributed by atoms with E-state index >= 15 is 0 Å². The van der Waals surface area contributed by atoms with Gasteiger partial charge in [0.05, 0.1) is 11.2 Å². The number of aromatic amines is 1. The van der Waals surface area contributed by atoms with Crippen LogP contribution in [0.25, 0.3) is 16.9 Å². The van der Waals surface area contributed by atoms with Gasteiger partial charge in [-0.3, -0.25) is 4.57 Å². The molecule has 0 radical (unpaired) electrons. The molecular formula is C13H10BrN3S. The molecule has 90 valence electrons. The summed E-state index contributed by atoms with van der Waals surface area (Å²) >= 11 is 8.93. The Morgan fingerprint density at radius 3 is 2.78 bits per heavy atom. The average Bonchev–Trinajstić information content (AvgIpc) is 2.66. The molecule has 0 amide bonds. The maximum absolute atomic E-state index is 5.38. The lowest BCUT2D eigenvalue weighted by molar-refractivity contribution is 1.03. The minimum atomic E-state index is 0.648. The highest BCUT2D eigenvalue weighted by molar-refractivity contribution is 9.10. The van der Waals surface area contributed by atoms with Crippen molar-refractivity contribution in [1.29, 1.82) is 0 Å². The van der Waals surface area contributed by atoms with Crippen molar-refractivity contribution >= 4 is 39.3 Å². The Kier molecular flexibility index (Phi) is 2.80. The van der Waals surface area contributed by atoms with E-state index in [1.165, 1.54) is 0 Å². The normalized spacial score (nSPS) is 11.0. The summed E-state index contributed by atoms with van der Waals surface area (Å²) in [5, 5.41) is 0. The lowest BCUT2D eigenvalue weighted by Crippen LogP contribution is -1.97. The van der Waals surface area contributed by atoms with E-state index in [2.05, 4.69) is 25.9 Å². The number of rotatable bonds is 1. The summed E-state index contributed by atoms with van der Waals surface area (Å²) in [5.74, 6) is 0. The van der Waals surface area contributed by atoms with Gasteiger partial charge in [-0.05, 0) is 59.3 Å². The largest absolute Gasteiger partial charge is 0.329 e. The standard InChI is InChI=1S/C13H10BrN3S/c1-8-6-7-10-12(15-8)17(13(18)16-10)11-5-3-2-4-9(11)14/h2-7H,1H3,(H,16,18). The zero-order chi connectivity index (χ0) is 12.7. The lowest BCUT2D eigenvalue weighted by atomic mass is 10.3. The predicted octanol–water partition coefficient (Wildman–Crippen LogP) is 4.15. The minimum absolute atomic E-state index is 0.648. The molecule has 0 fully saturated rings. The number of aryl methyl sites for hydroxylation is 1. The van der Waals surface area contributed by atoms with Gasteiger partial charge in [0.2, 0.25) is 0 Å². The molecule has 0 aliphatic rings. The van der Waals surface area contributed by atoms with Crippen LogP contribution < -0.4 is 0 Å². The molecule has 3 nitrogen and oxygen atoms in total. The Morgan fingerprint density at radius 2 is 2.00 bits per heavy atom. The van der Waals surface area contributed by atoms with E-state index < -0.39 is 0 Å². The molecule has 3 aromatic rings. The SMILES string of the molecule is Cc1ccc2[nH]c(=S)n(-c3ccccc3Br)c2n1. The van der Waals surface area contributed by atoms with Gasteiger partial charge in [-0.2, -0.15) is 0 Å². The highest BCUT2D eigenvalue weighted by Gasteiger charge is 2.10. The van der Waals surface area contributed by atoms with Crippen molar-refractivity contribution in [2.45, 2.75) is 6.92 Å². The van der Waals surface area contributed by atoms with Gasteiger partial charge in [-0.15, -0.1) is 0 Å². The number of benzene rings is 1. The Bertz CT molecular complexity index is 788. The number of fused-ring (bicyclic) bond motifs is 1. The van der Waals surface area contributed by atoms with Crippen LogP contribution in [0.1, 0.15) is 5.69 Å². The van der Waals surface area contributed by atoms with Gasteiger partial charge in [0.1, 0.15) is 0 Å². The van der Waals surface area contributed by atoms with Crippen molar-refractivity contribution in [3.63, 3.8) is 0 Å². The van der Waals surface area contributed by atoms with Crippen molar-refractivity contribution in [3.05, 3.63) is 51.3 Å². The van der Waals surface area contributed by atoms with Gasteiger partial charge in [-0.1, -0.05) is 12.1 Å². The summed E-state index contributed by atoms with van der Waals surface area (Å²) in [5.41, 5.74) is 3.76. The van der Waals surface area contributed by atoms with Gasteiger partial charge >= 0.3 is 0 Å². The van der Waals surface area contributed by atoms with E-state index in [4.69, 9.17) is 12.2 Å². The molecule has 1 N–H and O–H groups in total. The Labute approximate surface area is 118 Å². The number of para-hydroxylation sites is 1. The van der Waals surface area contributed by atoms with E-state index in [0.29, 0.717) is 4.77 Å². The molecule has 2 aromatic heterocycles. The van der Waals surface area contributed by atoms with Crippen LogP contribution in [0.2, 0.25) is 0 Å². The van der Waals surface area contributed by atoms with Crippen LogP contribution in [0.15, 0.2) is 40.9 Å². The molecule has 3 rings (SSSR count). The Balaban J connectivity index is 2.42. The van der Waals surface area contributed by atoms with Crippen LogP contribution in [0.3, 0.4) is 0 Å². The van der Waals surface area contributed by atoms with E-state index in [1.54, 1.807) is 0 Å². The summed E-state index contributed by atoms with van der Waals surface area (Å²) in [4.78, 5) is 7.73. The van der Waals surface area contributed by atoms with Crippen molar-refractivity contribution < 1.29 is 0 Å². The van der Waals surface area contributed by atoms with Gasteiger partial charge in [0, 0.05) is 10.2 Å². The first-order valence-corrected chi connectivity index (χ1v) is 6.70. The second-order valence-corrected chi connectivity index (χ2v) is 5.28. The van der Waals surface area contributed by atoms with Crippen molar-refractivity contribution in [1.82, 2.24) is 14.5 Å². The monoisotopic (exact) mass is 319 g/mol. The van der Waals surface area contributed by atoms with Gasteiger partial charge in [-0.25, -0.2) is 4.98 Å².